The Morgan fingerprint density at radius 1 is 1.33 bits per heavy atom. The number of β-amino-alcohol motifs (C(OH)–C–C–N with tert-alkyl or cyclic N) is 1. The highest BCUT2D eigenvalue weighted by atomic mass is 16.3. The molecule has 1 heterocycles. The molecule has 1 aromatic carbocycles. The molecule has 1 aliphatic heterocycles. The summed E-state index contributed by atoms with van der Waals surface area (Å²) < 4.78 is 0. The monoisotopic (exact) mass is 207 g/mol. The summed E-state index contributed by atoms with van der Waals surface area (Å²) in [4.78, 5) is 0. The predicted octanol–water partition coefficient (Wildman–Crippen LogP) is 0.905. The largest absolute Gasteiger partial charge is 0.508 e. The molecule has 2 unspecified atom stereocenters. The van der Waals surface area contributed by atoms with Crippen LogP contribution in [0.2, 0.25) is 0 Å². The molecular weight excluding hydrogens is 190 g/mol. The van der Waals surface area contributed by atoms with E-state index in [4.69, 9.17) is 0 Å². The van der Waals surface area contributed by atoms with Crippen molar-refractivity contribution in [3.8, 4) is 5.75 Å². The molecule has 1 aliphatic rings. The molecule has 1 aromatic rings. The van der Waals surface area contributed by atoms with Crippen LogP contribution in [-0.2, 0) is 6.42 Å². The number of hydrogen-bond acceptors (Lipinski definition) is 3. The van der Waals surface area contributed by atoms with Crippen LogP contribution < -0.4 is 5.32 Å². The van der Waals surface area contributed by atoms with Crippen LogP contribution in [0.5, 0.6) is 5.75 Å². The van der Waals surface area contributed by atoms with Gasteiger partial charge in [-0.1, -0.05) is 18.2 Å². The van der Waals surface area contributed by atoms with Crippen LogP contribution in [0.25, 0.3) is 0 Å². The first-order valence-corrected chi connectivity index (χ1v) is 5.43. The SMILES string of the molecule is Oc1ccccc1CC1CCNCC1O. The normalized spacial score (nSPS) is 26.5. The molecule has 1 fully saturated rings. The van der Waals surface area contributed by atoms with Gasteiger partial charge in [-0.15, -0.1) is 0 Å². The lowest BCUT2D eigenvalue weighted by Gasteiger charge is -2.28. The number of phenolic OH excluding ortho intramolecular Hbond substituents is 1. The minimum atomic E-state index is -0.293. The van der Waals surface area contributed by atoms with Gasteiger partial charge in [0, 0.05) is 6.54 Å². The van der Waals surface area contributed by atoms with Gasteiger partial charge in [-0.3, -0.25) is 0 Å². The average molecular weight is 207 g/mol. The van der Waals surface area contributed by atoms with Gasteiger partial charge in [-0.05, 0) is 36.9 Å². The molecule has 3 N–H and O–H groups in total. The summed E-state index contributed by atoms with van der Waals surface area (Å²) in [5.41, 5.74) is 0.934. The van der Waals surface area contributed by atoms with Gasteiger partial charge in [-0.2, -0.15) is 0 Å². The first kappa shape index (κ1) is 10.5. The Hall–Kier alpha value is -1.06. The molecule has 3 heteroatoms. The number of nitrogens with one attached hydrogen (secondary N) is 1. The van der Waals surface area contributed by atoms with Crippen molar-refractivity contribution in [2.75, 3.05) is 13.1 Å². The Bertz CT molecular complexity index is 327. The summed E-state index contributed by atoms with van der Waals surface area (Å²) in [6, 6.07) is 7.35. The van der Waals surface area contributed by atoms with Crippen molar-refractivity contribution in [2.24, 2.45) is 5.92 Å². The van der Waals surface area contributed by atoms with Gasteiger partial charge in [-0.25, -0.2) is 0 Å². The van der Waals surface area contributed by atoms with Crippen LogP contribution in [0.3, 0.4) is 0 Å². The van der Waals surface area contributed by atoms with Crippen LogP contribution in [0, 0.1) is 5.92 Å². The number of piperidine rings is 1. The molecule has 0 amide bonds. The number of para-hydroxylation sites is 1. The second kappa shape index (κ2) is 4.64. The van der Waals surface area contributed by atoms with Crippen LogP contribution in [0.15, 0.2) is 24.3 Å². The topological polar surface area (TPSA) is 52.5 Å². The number of rotatable bonds is 2. The van der Waals surface area contributed by atoms with Crippen LogP contribution in [0.1, 0.15) is 12.0 Å². The maximum atomic E-state index is 9.78. The lowest BCUT2D eigenvalue weighted by Crippen LogP contribution is -2.41. The third-order valence-corrected chi connectivity index (χ3v) is 3.06. The van der Waals surface area contributed by atoms with E-state index < -0.39 is 0 Å². The van der Waals surface area contributed by atoms with E-state index in [0.717, 1.165) is 24.9 Å². The Morgan fingerprint density at radius 2 is 2.13 bits per heavy atom. The van der Waals surface area contributed by atoms with Crippen molar-refractivity contribution in [1.82, 2.24) is 5.32 Å². The van der Waals surface area contributed by atoms with E-state index in [9.17, 15) is 10.2 Å². The zero-order chi connectivity index (χ0) is 10.7. The lowest BCUT2D eigenvalue weighted by molar-refractivity contribution is 0.0817. The molecule has 0 bridgehead atoms. The molecule has 3 nitrogen and oxygen atoms in total. The van der Waals surface area contributed by atoms with E-state index in [-0.39, 0.29) is 12.0 Å². The van der Waals surface area contributed by atoms with Crippen molar-refractivity contribution in [3.63, 3.8) is 0 Å². The summed E-state index contributed by atoms with van der Waals surface area (Å²) in [7, 11) is 0. The molecule has 0 spiro atoms. The zero-order valence-electron chi connectivity index (χ0n) is 8.69. The minimum absolute atomic E-state index is 0.263. The van der Waals surface area contributed by atoms with E-state index >= 15 is 0 Å². The third kappa shape index (κ3) is 2.49. The third-order valence-electron chi connectivity index (χ3n) is 3.06. The first-order valence-electron chi connectivity index (χ1n) is 5.43. The number of aliphatic hydroxyl groups is 1. The van der Waals surface area contributed by atoms with E-state index in [0.29, 0.717) is 12.3 Å². The number of aliphatic hydroxyl groups excluding tert-OH is 1. The predicted molar refractivity (Wildman–Crippen MR) is 58.8 cm³/mol. The standard InChI is InChI=1S/C12H17NO2/c14-11-4-2-1-3-9(11)7-10-5-6-13-8-12(10)15/h1-4,10,12-15H,5-8H2. The van der Waals surface area contributed by atoms with Gasteiger partial charge in [0.25, 0.3) is 0 Å². The van der Waals surface area contributed by atoms with Gasteiger partial charge in [0.15, 0.2) is 0 Å². The van der Waals surface area contributed by atoms with Gasteiger partial charge in [0.05, 0.1) is 6.10 Å². The first-order chi connectivity index (χ1) is 7.27. The summed E-state index contributed by atoms with van der Waals surface area (Å²) in [6.07, 6.45) is 1.43. The van der Waals surface area contributed by atoms with Crippen molar-refractivity contribution < 1.29 is 10.2 Å². The Morgan fingerprint density at radius 3 is 2.87 bits per heavy atom. The Labute approximate surface area is 89.8 Å². The zero-order valence-corrected chi connectivity index (χ0v) is 8.69. The molecule has 2 atom stereocenters. The van der Waals surface area contributed by atoms with Crippen LogP contribution >= 0.6 is 0 Å². The van der Waals surface area contributed by atoms with Gasteiger partial charge in [0.2, 0.25) is 0 Å². The average Bonchev–Trinajstić information content (AvgIpc) is 2.24. The van der Waals surface area contributed by atoms with Crippen molar-refractivity contribution in [2.45, 2.75) is 18.9 Å². The van der Waals surface area contributed by atoms with Gasteiger partial charge >= 0.3 is 0 Å². The van der Waals surface area contributed by atoms with E-state index in [1.165, 1.54) is 0 Å². The van der Waals surface area contributed by atoms with E-state index in [2.05, 4.69) is 5.32 Å². The molecule has 0 saturated carbocycles. The molecule has 0 radical (unpaired) electrons. The fourth-order valence-corrected chi connectivity index (χ4v) is 2.10. The van der Waals surface area contributed by atoms with Crippen molar-refractivity contribution >= 4 is 0 Å². The van der Waals surface area contributed by atoms with Crippen molar-refractivity contribution in [1.29, 1.82) is 0 Å². The molecule has 15 heavy (non-hydrogen) atoms. The molecule has 0 aromatic heterocycles. The second-order valence-electron chi connectivity index (χ2n) is 4.15. The van der Waals surface area contributed by atoms with Crippen LogP contribution in [-0.4, -0.2) is 29.4 Å². The molecular formula is C12H17NO2. The maximum absolute atomic E-state index is 9.78. The smallest absolute Gasteiger partial charge is 0.118 e. The summed E-state index contributed by atoms with van der Waals surface area (Å²) in [5, 5.41) is 22.6. The van der Waals surface area contributed by atoms with E-state index in [1.54, 1.807) is 6.07 Å². The van der Waals surface area contributed by atoms with Gasteiger partial charge < -0.3 is 15.5 Å². The fraction of sp³-hybridized carbons (Fsp3) is 0.500. The highest BCUT2D eigenvalue weighted by Gasteiger charge is 2.23. The van der Waals surface area contributed by atoms with Gasteiger partial charge in [0.1, 0.15) is 5.75 Å². The summed E-state index contributed by atoms with van der Waals surface area (Å²) in [5.74, 6) is 0.600. The summed E-state index contributed by atoms with van der Waals surface area (Å²) >= 11 is 0. The molecule has 0 aliphatic carbocycles. The number of aromatic hydroxyl groups is 1. The Kier molecular flexibility index (Phi) is 3.23. The molecule has 2 rings (SSSR count). The number of benzene rings is 1. The van der Waals surface area contributed by atoms with Crippen molar-refractivity contribution in [3.05, 3.63) is 29.8 Å². The molecule has 82 valence electrons. The number of phenols is 1. The number of hydrogen-bond donors (Lipinski definition) is 3. The Balaban J connectivity index is 2.04. The lowest BCUT2D eigenvalue weighted by atomic mass is 9.88. The molecule has 1 saturated heterocycles. The van der Waals surface area contributed by atoms with Crippen LogP contribution in [0.4, 0.5) is 0 Å². The summed E-state index contributed by atoms with van der Waals surface area (Å²) in [6.45, 7) is 1.62. The maximum Gasteiger partial charge on any atom is 0.118 e. The van der Waals surface area contributed by atoms with E-state index in [1.807, 2.05) is 18.2 Å². The fourth-order valence-electron chi connectivity index (χ4n) is 2.10. The minimum Gasteiger partial charge on any atom is -0.508 e. The highest BCUT2D eigenvalue weighted by Crippen LogP contribution is 2.24. The quantitative estimate of drug-likeness (QED) is 0.675. The second-order valence-corrected chi connectivity index (χ2v) is 4.15. The highest BCUT2D eigenvalue weighted by molar-refractivity contribution is 5.32.